The van der Waals surface area contributed by atoms with Gasteiger partial charge in [-0.05, 0) is 18.9 Å². The van der Waals surface area contributed by atoms with Crippen LogP contribution < -0.4 is 10.1 Å². The van der Waals surface area contributed by atoms with Gasteiger partial charge in [-0.1, -0.05) is 12.1 Å². The van der Waals surface area contributed by atoms with Gasteiger partial charge in [0.05, 0.1) is 19.3 Å². The molecule has 0 aliphatic carbocycles. The monoisotopic (exact) mass is 404 g/mol. The Morgan fingerprint density at radius 2 is 2.29 bits per heavy atom. The number of guanidine groups is 1. The molecule has 1 heterocycles. The van der Waals surface area contributed by atoms with Crippen LogP contribution in [0.2, 0.25) is 0 Å². The zero-order chi connectivity index (χ0) is 14.8. The molecule has 1 aromatic rings. The topological polar surface area (TPSA) is 49.8 Å². The molecule has 1 aromatic heterocycles. The van der Waals surface area contributed by atoms with Gasteiger partial charge in [0.1, 0.15) is 0 Å². The fraction of sp³-hybridized carbons (Fsp3) is 0.467. The van der Waals surface area contributed by atoms with Crippen LogP contribution in [-0.4, -0.2) is 43.6 Å². The Labute approximate surface area is 144 Å². The van der Waals surface area contributed by atoms with E-state index in [0.717, 1.165) is 31.0 Å². The lowest BCUT2D eigenvalue weighted by atomic mass is 10.3. The highest BCUT2D eigenvalue weighted by atomic mass is 127. The van der Waals surface area contributed by atoms with Crippen LogP contribution in [0, 0.1) is 0 Å². The van der Waals surface area contributed by atoms with E-state index in [1.54, 1.807) is 14.2 Å². The Morgan fingerprint density at radius 1 is 1.52 bits per heavy atom. The molecule has 21 heavy (non-hydrogen) atoms. The van der Waals surface area contributed by atoms with Crippen LogP contribution in [-0.2, 0) is 6.54 Å². The van der Waals surface area contributed by atoms with Gasteiger partial charge in [0, 0.05) is 26.7 Å². The molecule has 0 spiro atoms. The van der Waals surface area contributed by atoms with Crippen molar-refractivity contribution in [3.05, 3.63) is 36.5 Å². The molecule has 0 aliphatic heterocycles. The number of allylic oxidation sites excluding steroid dienone is 1. The van der Waals surface area contributed by atoms with Crippen molar-refractivity contribution in [3.8, 4) is 5.88 Å². The van der Waals surface area contributed by atoms with Crippen LogP contribution in [0.4, 0.5) is 0 Å². The molecule has 1 N–H and O–H groups in total. The zero-order valence-electron chi connectivity index (χ0n) is 13.0. The minimum Gasteiger partial charge on any atom is -0.481 e. The predicted molar refractivity (Wildman–Crippen MR) is 98.5 cm³/mol. The molecule has 0 saturated heterocycles. The first-order valence-electron chi connectivity index (χ1n) is 6.74. The maximum Gasteiger partial charge on any atom is 0.213 e. The van der Waals surface area contributed by atoms with E-state index < -0.39 is 0 Å². The molecule has 0 unspecified atom stereocenters. The van der Waals surface area contributed by atoms with Crippen molar-refractivity contribution in [1.82, 2.24) is 15.2 Å². The third-order valence-corrected chi connectivity index (χ3v) is 2.89. The largest absolute Gasteiger partial charge is 0.481 e. The Balaban J connectivity index is 0.00000400. The highest BCUT2D eigenvalue weighted by molar-refractivity contribution is 14.0. The summed E-state index contributed by atoms with van der Waals surface area (Å²) in [7, 11) is 5.43. The van der Waals surface area contributed by atoms with Crippen molar-refractivity contribution < 1.29 is 4.74 Å². The third kappa shape index (κ3) is 7.31. The number of hydrogen-bond donors (Lipinski definition) is 1. The number of aliphatic imine (C=N–C) groups is 1. The first-order valence-corrected chi connectivity index (χ1v) is 6.74. The van der Waals surface area contributed by atoms with Gasteiger partial charge in [-0.2, -0.15) is 0 Å². The van der Waals surface area contributed by atoms with Crippen LogP contribution in [0.25, 0.3) is 0 Å². The average molecular weight is 404 g/mol. The van der Waals surface area contributed by atoms with E-state index >= 15 is 0 Å². The fourth-order valence-corrected chi connectivity index (χ4v) is 1.80. The molecule has 118 valence electrons. The van der Waals surface area contributed by atoms with Crippen molar-refractivity contribution in [2.75, 3.05) is 27.7 Å². The second-order valence-electron chi connectivity index (χ2n) is 4.42. The number of halogens is 1. The second kappa shape index (κ2) is 11.4. The van der Waals surface area contributed by atoms with E-state index in [9.17, 15) is 0 Å². The van der Waals surface area contributed by atoms with Gasteiger partial charge in [0.25, 0.3) is 0 Å². The summed E-state index contributed by atoms with van der Waals surface area (Å²) in [5.74, 6) is 1.48. The minimum absolute atomic E-state index is 0. The standard InChI is InChI=1S/C15H24N4O.HI/c1-5-6-7-11-19(3)15(16-2)17-12-13-9-8-10-14(18-13)20-4;/h5,8-10H,1,6-7,11-12H2,2-4H3,(H,16,17);1H. The Bertz CT molecular complexity index is 451. The van der Waals surface area contributed by atoms with E-state index in [1.165, 1.54) is 0 Å². The zero-order valence-corrected chi connectivity index (χ0v) is 15.3. The molecule has 0 fully saturated rings. The van der Waals surface area contributed by atoms with Crippen molar-refractivity contribution in [1.29, 1.82) is 0 Å². The van der Waals surface area contributed by atoms with Crippen molar-refractivity contribution >= 4 is 29.9 Å². The van der Waals surface area contributed by atoms with Crippen LogP contribution in [0.5, 0.6) is 5.88 Å². The maximum absolute atomic E-state index is 5.11. The van der Waals surface area contributed by atoms with E-state index in [1.807, 2.05) is 31.3 Å². The van der Waals surface area contributed by atoms with Crippen LogP contribution in [0.3, 0.4) is 0 Å². The summed E-state index contributed by atoms with van der Waals surface area (Å²) in [6.07, 6.45) is 4.01. The van der Waals surface area contributed by atoms with Gasteiger partial charge < -0.3 is 15.0 Å². The molecule has 0 aliphatic rings. The summed E-state index contributed by atoms with van der Waals surface area (Å²) in [6.45, 7) is 5.29. The van der Waals surface area contributed by atoms with Gasteiger partial charge >= 0.3 is 0 Å². The molecule has 0 amide bonds. The average Bonchev–Trinajstić information content (AvgIpc) is 2.48. The Morgan fingerprint density at radius 3 is 2.90 bits per heavy atom. The summed E-state index contributed by atoms with van der Waals surface area (Å²) in [5, 5.41) is 3.30. The van der Waals surface area contributed by atoms with Crippen LogP contribution >= 0.6 is 24.0 Å². The lowest BCUT2D eigenvalue weighted by Crippen LogP contribution is -2.39. The Hall–Kier alpha value is -1.31. The molecule has 6 heteroatoms. The molecular formula is C15H25IN4O. The van der Waals surface area contributed by atoms with Crippen LogP contribution in [0.15, 0.2) is 35.8 Å². The summed E-state index contributed by atoms with van der Waals surface area (Å²) in [4.78, 5) is 10.7. The highest BCUT2D eigenvalue weighted by Crippen LogP contribution is 2.06. The molecule has 0 saturated carbocycles. The van der Waals surface area contributed by atoms with E-state index in [2.05, 4.69) is 26.8 Å². The van der Waals surface area contributed by atoms with E-state index in [4.69, 9.17) is 4.74 Å². The smallest absolute Gasteiger partial charge is 0.213 e. The lowest BCUT2D eigenvalue weighted by molar-refractivity contribution is 0.396. The molecule has 0 radical (unpaired) electrons. The van der Waals surface area contributed by atoms with Gasteiger partial charge in [0.2, 0.25) is 5.88 Å². The first-order chi connectivity index (χ1) is 9.71. The summed E-state index contributed by atoms with van der Waals surface area (Å²) in [6, 6.07) is 5.72. The van der Waals surface area contributed by atoms with Crippen molar-refractivity contribution in [2.45, 2.75) is 19.4 Å². The number of rotatable bonds is 7. The predicted octanol–water partition coefficient (Wildman–Crippen LogP) is 2.68. The molecular weight excluding hydrogens is 379 g/mol. The number of methoxy groups -OCH3 is 1. The molecule has 0 bridgehead atoms. The van der Waals surface area contributed by atoms with Gasteiger partial charge in [0.15, 0.2) is 5.96 Å². The number of nitrogens with zero attached hydrogens (tertiary/aromatic N) is 3. The number of hydrogen-bond acceptors (Lipinski definition) is 3. The molecule has 0 aromatic carbocycles. The minimum atomic E-state index is 0. The van der Waals surface area contributed by atoms with Crippen molar-refractivity contribution in [3.63, 3.8) is 0 Å². The lowest BCUT2D eigenvalue weighted by Gasteiger charge is -2.21. The fourth-order valence-electron chi connectivity index (χ4n) is 1.80. The third-order valence-electron chi connectivity index (χ3n) is 2.89. The number of ether oxygens (including phenoxy) is 1. The summed E-state index contributed by atoms with van der Waals surface area (Å²) >= 11 is 0. The SMILES string of the molecule is C=CCCCN(C)C(=NC)NCc1cccc(OC)n1.I. The number of pyridine rings is 1. The molecule has 1 rings (SSSR count). The molecule has 0 atom stereocenters. The van der Waals surface area contributed by atoms with Crippen molar-refractivity contribution in [2.24, 2.45) is 4.99 Å². The second-order valence-corrected chi connectivity index (χ2v) is 4.42. The maximum atomic E-state index is 5.11. The Kier molecular flexibility index (Phi) is 10.7. The highest BCUT2D eigenvalue weighted by Gasteiger charge is 2.05. The number of unbranched alkanes of at least 4 members (excludes halogenated alkanes) is 1. The summed E-state index contributed by atoms with van der Waals surface area (Å²) in [5.41, 5.74) is 0.921. The normalized spacial score (nSPS) is 10.5. The van der Waals surface area contributed by atoms with Gasteiger partial charge in [-0.15, -0.1) is 30.6 Å². The van der Waals surface area contributed by atoms with Gasteiger partial charge in [-0.25, -0.2) is 4.98 Å². The van der Waals surface area contributed by atoms with E-state index in [-0.39, 0.29) is 24.0 Å². The number of aromatic nitrogens is 1. The quantitative estimate of drug-likeness (QED) is 0.250. The van der Waals surface area contributed by atoms with Gasteiger partial charge in [-0.3, -0.25) is 4.99 Å². The number of nitrogens with one attached hydrogen (secondary N) is 1. The summed E-state index contributed by atoms with van der Waals surface area (Å²) < 4.78 is 5.11. The first kappa shape index (κ1) is 19.7. The molecule has 5 nitrogen and oxygen atoms in total. The van der Waals surface area contributed by atoms with Crippen LogP contribution in [0.1, 0.15) is 18.5 Å². The van der Waals surface area contributed by atoms with E-state index in [0.29, 0.717) is 12.4 Å².